The number of aromatic amines is 1. The number of nitrogens with zero attached hydrogens (tertiary/aromatic N) is 5. The Morgan fingerprint density at radius 3 is 2.50 bits per heavy atom. The fourth-order valence-corrected chi connectivity index (χ4v) is 4.26. The molecule has 2 aromatic heterocycles. The van der Waals surface area contributed by atoms with Crippen molar-refractivity contribution in [2.45, 2.75) is 4.90 Å². The third-order valence-corrected chi connectivity index (χ3v) is 6.00. The van der Waals surface area contributed by atoms with E-state index in [9.17, 15) is 8.42 Å². The van der Waals surface area contributed by atoms with Gasteiger partial charge < -0.3 is 9.88 Å². The second kappa shape index (κ2) is 5.84. The maximum absolute atomic E-state index is 12.8. The second-order valence-electron chi connectivity index (χ2n) is 5.52. The number of anilines is 1. The van der Waals surface area contributed by atoms with E-state index in [0.29, 0.717) is 37.6 Å². The summed E-state index contributed by atoms with van der Waals surface area (Å²) in [5, 5.41) is 0. The first kappa shape index (κ1) is 15.0. The maximum atomic E-state index is 12.8. The van der Waals surface area contributed by atoms with Crippen LogP contribution in [0, 0.1) is 0 Å². The van der Waals surface area contributed by atoms with Crippen LogP contribution in [0.2, 0.25) is 0 Å². The number of rotatable bonds is 3. The Kier molecular flexibility index (Phi) is 3.66. The predicted molar refractivity (Wildman–Crippen MR) is 89.1 cm³/mol. The highest BCUT2D eigenvalue weighted by Crippen LogP contribution is 2.21. The Balaban J connectivity index is 1.53. The molecule has 0 atom stereocenters. The van der Waals surface area contributed by atoms with Crippen LogP contribution in [0.5, 0.6) is 0 Å². The molecule has 1 aromatic carbocycles. The summed E-state index contributed by atoms with van der Waals surface area (Å²) in [7, 11) is -3.52. The molecule has 0 amide bonds. The Bertz CT molecular complexity index is 948. The summed E-state index contributed by atoms with van der Waals surface area (Å²) in [5.74, 6) is 0.633. The van der Waals surface area contributed by atoms with Crippen molar-refractivity contribution in [1.29, 1.82) is 0 Å². The van der Waals surface area contributed by atoms with Crippen LogP contribution in [0.15, 0.2) is 47.9 Å². The molecule has 0 radical (unpaired) electrons. The maximum Gasteiger partial charge on any atom is 0.243 e. The second-order valence-corrected chi connectivity index (χ2v) is 7.46. The van der Waals surface area contributed by atoms with Crippen molar-refractivity contribution in [3.63, 3.8) is 0 Å². The molecule has 1 N–H and O–H groups in total. The quantitative estimate of drug-likeness (QED) is 0.757. The van der Waals surface area contributed by atoms with E-state index in [4.69, 9.17) is 0 Å². The van der Waals surface area contributed by atoms with E-state index in [-0.39, 0.29) is 4.90 Å². The normalized spacial score (nSPS) is 16.6. The van der Waals surface area contributed by atoms with Crippen LogP contribution < -0.4 is 4.90 Å². The topological polar surface area (TPSA) is 95.1 Å². The summed E-state index contributed by atoms with van der Waals surface area (Å²) in [4.78, 5) is 17.8. The minimum absolute atomic E-state index is 0.281. The van der Waals surface area contributed by atoms with Crippen molar-refractivity contribution >= 4 is 27.0 Å². The van der Waals surface area contributed by atoms with E-state index in [1.54, 1.807) is 43.0 Å². The standard InChI is InChI=1S/C15H16N6O2S/c22-24(23,12-2-3-13-14(10-12)19-11-18-13)21-8-6-20(7-9-21)15-16-4-1-5-17-15/h1-5,10-11H,6-9H2,(H,18,19). The van der Waals surface area contributed by atoms with Crippen LogP contribution in [0.4, 0.5) is 5.95 Å². The molecule has 0 unspecified atom stereocenters. The average Bonchev–Trinajstić information content (AvgIpc) is 3.10. The number of fused-ring (bicyclic) bond motifs is 1. The Hall–Kier alpha value is -2.52. The zero-order chi connectivity index (χ0) is 16.6. The van der Waals surface area contributed by atoms with Gasteiger partial charge in [0, 0.05) is 38.6 Å². The average molecular weight is 344 g/mol. The Labute approximate surface area is 139 Å². The zero-order valence-electron chi connectivity index (χ0n) is 12.8. The fourth-order valence-electron chi connectivity index (χ4n) is 2.81. The molecule has 0 saturated carbocycles. The number of sulfonamides is 1. The molecule has 3 aromatic rings. The fraction of sp³-hybridized carbons (Fsp3) is 0.267. The molecule has 24 heavy (non-hydrogen) atoms. The van der Waals surface area contributed by atoms with Crippen molar-refractivity contribution in [2.75, 3.05) is 31.1 Å². The lowest BCUT2D eigenvalue weighted by Gasteiger charge is -2.33. The number of hydrogen-bond donors (Lipinski definition) is 1. The van der Waals surface area contributed by atoms with E-state index in [1.807, 2.05) is 4.90 Å². The minimum Gasteiger partial charge on any atom is -0.345 e. The van der Waals surface area contributed by atoms with Gasteiger partial charge in [0.05, 0.1) is 22.3 Å². The molecule has 1 aliphatic heterocycles. The van der Waals surface area contributed by atoms with Gasteiger partial charge in [-0.2, -0.15) is 4.31 Å². The molecule has 124 valence electrons. The summed E-state index contributed by atoms with van der Waals surface area (Å²) in [6.45, 7) is 1.94. The largest absolute Gasteiger partial charge is 0.345 e. The van der Waals surface area contributed by atoms with Crippen molar-refractivity contribution in [3.8, 4) is 0 Å². The lowest BCUT2D eigenvalue weighted by atomic mass is 10.3. The number of aromatic nitrogens is 4. The molecule has 0 spiro atoms. The summed E-state index contributed by atoms with van der Waals surface area (Å²) < 4.78 is 27.2. The van der Waals surface area contributed by atoms with Gasteiger partial charge in [-0.15, -0.1) is 0 Å². The van der Waals surface area contributed by atoms with Gasteiger partial charge in [-0.05, 0) is 24.3 Å². The molecule has 4 rings (SSSR count). The summed E-state index contributed by atoms with van der Waals surface area (Å²) in [6.07, 6.45) is 4.93. The molecule has 9 heteroatoms. The van der Waals surface area contributed by atoms with Crippen molar-refractivity contribution in [2.24, 2.45) is 0 Å². The lowest BCUT2D eigenvalue weighted by Crippen LogP contribution is -2.49. The number of hydrogen-bond acceptors (Lipinski definition) is 6. The molecular weight excluding hydrogens is 328 g/mol. The van der Waals surface area contributed by atoms with E-state index >= 15 is 0 Å². The Morgan fingerprint density at radius 2 is 1.75 bits per heavy atom. The van der Waals surface area contributed by atoms with Gasteiger partial charge in [0.15, 0.2) is 0 Å². The summed E-state index contributed by atoms with van der Waals surface area (Å²) >= 11 is 0. The Morgan fingerprint density at radius 1 is 1.00 bits per heavy atom. The summed E-state index contributed by atoms with van der Waals surface area (Å²) in [6, 6.07) is 6.71. The van der Waals surface area contributed by atoms with Crippen LogP contribution in [0.3, 0.4) is 0 Å². The van der Waals surface area contributed by atoms with Gasteiger partial charge in [-0.25, -0.2) is 23.4 Å². The minimum atomic E-state index is -3.52. The highest BCUT2D eigenvalue weighted by molar-refractivity contribution is 7.89. The first-order valence-electron chi connectivity index (χ1n) is 7.60. The number of imidazole rings is 1. The summed E-state index contributed by atoms with van der Waals surface area (Å²) in [5.41, 5.74) is 1.47. The zero-order valence-corrected chi connectivity index (χ0v) is 13.6. The van der Waals surface area contributed by atoms with Gasteiger partial charge in [-0.1, -0.05) is 0 Å². The number of benzene rings is 1. The van der Waals surface area contributed by atoms with Crippen LogP contribution in [0.1, 0.15) is 0 Å². The van der Waals surface area contributed by atoms with Gasteiger partial charge in [0.25, 0.3) is 0 Å². The van der Waals surface area contributed by atoms with E-state index in [2.05, 4.69) is 19.9 Å². The van der Waals surface area contributed by atoms with Crippen LogP contribution >= 0.6 is 0 Å². The number of H-pyrrole nitrogens is 1. The van der Waals surface area contributed by atoms with E-state index in [1.165, 1.54) is 4.31 Å². The molecular formula is C15H16N6O2S. The first-order valence-corrected chi connectivity index (χ1v) is 9.04. The number of piperazine rings is 1. The van der Waals surface area contributed by atoms with Crippen LogP contribution in [0.25, 0.3) is 11.0 Å². The first-order chi connectivity index (χ1) is 11.6. The lowest BCUT2D eigenvalue weighted by molar-refractivity contribution is 0.382. The van der Waals surface area contributed by atoms with E-state index < -0.39 is 10.0 Å². The molecule has 1 aliphatic rings. The molecule has 3 heterocycles. The van der Waals surface area contributed by atoms with Crippen molar-refractivity contribution < 1.29 is 8.42 Å². The third kappa shape index (κ3) is 2.61. The predicted octanol–water partition coefficient (Wildman–Crippen LogP) is 0.864. The van der Waals surface area contributed by atoms with Gasteiger partial charge in [0.1, 0.15) is 0 Å². The molecule has 0 bridgehead atoms. The van der Waals surface area contributed by atoms with Gasteiger partial charge in [0.2, 0.25) is 16.0 Å². The van der Waals surface area contributed by atoms with Crippen molar-refractivity contribution in [1.82, 2.24) is 24.2 Å². The molecule has 0 aliphatic carbocycles. The molecule has 1 saturated heterocycles. The molecule has 1 fully saturated rings. The smallest absolute Gasteiger partial charge is 0.243 e. The van der Waals surface area contributed by atoms with Crippen LogP contribution in [-0.2, 0) is 10.0 Å². The molecule has 8 nitrogen and oxygen atoms in total. The SMILES string of the molecule is O=S(=O)(c1ccc2nc[nH]c2c1)N1CCN(c2ncccn2)CC1. The van der Waals surface area contributed by atoms with Gasteiger partial charge in [-0.3, -0.25) is 0 Å². The van der Waals surface area contributed by atoms with Crippen molar-refractivity contribution in [3.05, 3.63) is 43.0 Å². The third-order valence-electron chi connectivity index (χ3n) is 4.10. The highest BCUT2D eigenvalue weighted by atomic mass is 32.2. The number of nitrogens with one attached hydrogen (secondary N) is 1. The monoisotopic (exact) mass is 344 g/mol. The van der Waals surface area contributed by atoms with E-state index in [0.717, 1.165) is 5.52 Å². The highest BCUT2D eigenvalue weighted by Gasteiger charge is 2.29. The van der Waals surface area contributed by atoms with Crippen LogP contribution in [-0.4, -0.2) is 58.8 Å². The van der Waals surface area contributed by atoms with Gasteiger partial charge >= 0.3 is 0 Å².